The highest BCUT2D eigenvalue weighted by molar-refractivity contribution is 7.09. The van der Waals surface area contributed by atoms with Crippen LogP contribution in [0.5, 0.6) is 0 Å². The van der Waals surface area contributed by atoms with E-state index in [1.165, 1.54) is 12.1 Å². The average Bonchev–Trinajstić information content (AvgIpc) is 3.63. The summed E-state index contributed by atoms with van der Waals surface area (Å²) in [4.78, 5) is 33.4. The number of hydrogen-bond donors (Lipinski definition) is 2. The number of fused-ring (bicyclic) bond motifs is 1. The second kappa shape index (κ2) is 10.4. The van der Waals surface area contributed by atoms with Gasteiger partial charge in [0.25, 0.3) is 0 Å². The van der Waals surface area contributed by atoms with Gasteiger partial charge in [-0.3, -0.25) is 9.59 Å². The molecule has 2 N–H and O–H groups in total. The van der Waals surface area contributed by atoms with Crippen molar-refractivity contribution in [2.45, 2.75) is 50.7 Å². The summed E-state index contributed by atoms with van der Waals surface area (Å²) in [6.45, 7) is 0.305. The van der Waals surface area contributed by atoms with Crippen LogP contribution >= 0.6 is 11.3 Å². The molecule has 0 bridgehead atoms. The van der Waals surface area contributed by atoms with Gasteiger partial charge in [-0.2, -0.15) is 0 Å². The van der Waals surface area contributed by atoms with Crippen LogP contribution in [0.3, 0.4) is 0 Å². The number of nitrogens with zero attached hydrogens (tertiary/aromatic N) is 1. The molecule has 2 amide bonds. The van der Waals surface area contributed by atoms with Gasteiger partial charge in [0.2, 0.25) is 11.8 Å². The SMILES string of the molecule is O=C(NC1CCCC1)C(c1ccc(F)cc1)N(Cc1cccs1)C(=O)Cc1c[nH]c2ccccc12. The maximum Gasteiger partial charge on any atom is 0.247 e. The van der Waals surface area contributed by atoms with Gasteiger partial charge in [0, 0.05) is 28.0 Å². The molecule has 5 nitrogen and oxygen atoms in total. The molecule has 1 atom stereocenters. The van der Waals surface area contributed by atoms with Gasteiger partial charge in [-0.1, -0.05) is 49.2 Å². The average molecular weight is 490 g/mol. The largest absolute Gasteiger partial charge is 0.361 e. The summed E-state index contributed by atoms with van der Waals surface area (Å²) in [6.07, 6.45) is 6.07. The van der Waals surface area contributed by atoms with E-state index in [0.29, 0.717) is 12.1 Å². The summed E-state index contributed by atoms with van der Waals surface area (Å²) < 4.78 is 13.8. The van der Waals surface area contributed by atoms with E-state index >= 15 is 0 Å². The Morgan fingerprint density at radius 3 is 2.57 bits per heavy atom. The first-order chi connectivity index (χ1) is 17.1. The highest BCUT2D eigenvalue weighted by Gasteiger charge is 2.33. The number of thiophene rings is 1. The lowest BCUT2D eigenvalue weighted by Gasteiger charge is -2.32. The predicted octanol–water partition coefficient (Wildman–Crippen LogP) is 5.74. The fourth-order valence-corrected chi connectivity index (χ4v) is 5.61. The number of halogens is 1. The van der Waals surface area contributed by atoms with Gasteiger partial charge in [0.15, 0.2) is 0 Å². The Balaban J connectivity index is 1.50. The van der Waals surface area contributed by atoms with E-state index in [0.717, 1.165) is 47.0 Å². The second-order valence-corrected chi connectivity index (χ2v) is 10.1. The van der Waals surface area contributed by atoms with Crippen LogP contribution in [0.2, 0.25) is 0 Å². The van der Waals surface area contributed by atoms with Crippen LogP contribution in [-0.4, -0.2) is 27.7 Å². The molecule has 2 aromatic heterocycles. The van der Waals surface area contributed by atoms with Crippen LogP contribution in [0.4, 0.5) is 4.39 Å². The molecule has 1 aliphatic rings. The summed E-state index contributed by atoms with van der Waals surface area (Å²) >= 11 is 1.55. The van der Waals surface area contributed by atoms with E-state index in [2.05, 4.69) is 10.3 Å². The van der Waals surface area contributed by atoms with E-state index < -0.39 is 6.04 Å². The van der Waals surface area contributed by atoms with Gasteiger partial charge < -0.3 is 15.2 Å². The van der Waals surface area contributed by atoms with Gasteiger partial charge in [-0.15, -0.1) is 11.3 Å². The van der Waals surface area contributed by atoms with Crippen molar-refractivity contribution in [2.24, 2.45) is 0 Å². The van der Waals surface area contributed by atoms with Crippen molar-refractivity contribution in [2.75, 3.05) is 0 Å². The molecular weight excluding hydrogens is 461 g/mol. The number of hydrogen-bond acceptors (Lipinski definition) is 3. The number of amides is 2. The van der Waals surface area contributed by atoms with Gasteiger partial charge in [-0.25, -0.2) is 4.39 Å². The standard InChI is InChI=1S/C28H28FN3O2S/c29-21-13-11-19(12-14-21)27(28(34)31-22-6-1-2-7-22)32(18-23-8-5-15-35-23)26(33)16-20-17-30-25-10-4-3-9-24(20)25/h3-5,8-15,17,22,27,30H,1-2,6-7,16,18H2,(H,31,34). The Labute approximate surface area is 208 Å². The number of rotatable bonds is 8. The topological polar surface area (TPSA) is 65.2 Å². The van der Waals surface area contributed by atoms with E-state index in [4.69, 9.17) is 0 Å². The number of benzene rings is 2. The molecule has 7 heteroatoms. The highest BCUT2D eigenvalue weighted by Crippen LogP contribution is 2.29. The summed E-state index contributed by atoms with van der Waals surface area (Å²) in [7, 11) is 0. The highest BCUT2D eigenvalue weighted by atomic mass is 32.1. The molecule has 1 unspecified atom stereocenters. The summed E-state index contributed by atoms with van der Waals surface area (Å²) in [6, 6.07) is 16.9. The zero-order valence-corrected chi connectivity index (χ0v) is 20.2. The van der Waals surface area contributed by atoms with Crippen molar-refractivity contribution in [1.82, 2.24) is 15.2 Å². The Kier molecular flexibility index (Phi) is 6.95. The van der Waals surface area contributed by atoms with Crippen molar-refractivity contribution in [1.29, 1.82) is 0 Å². The van der Waals surface area contributed by atoms with Crippen molar-refractivity contribution in [3.05, 3.63) is 94.1 Å². The lowest BCUT2D eigenvalue weighted by Crippen LogP contribution is -2.46. The third-order valence-corrected chi connectivity index (χ3v) is 7.55. The first kappa shape index (κ1) is 23.3. The monoisotopic (exact) mass is 489 g/mol. The van der Waals surface area contributed by atoms with Gasteiger partial charge in [-0.05, 0) is 53.6 Å². The zero-order valence-electron chi connectivity index (χ0n) is 19.4. The van der Waals surface area contributed by atoms with Crippen molar-refractivity contribution in [3.63, 3.8) is 0 Å². The predicted molar refractivity (Wildman–Crippen MR) is 136 cm³/mol. The van der Waals surface area contributed by atoms with Crippen molar-refractivity contribution < 1.29 is 14.0 Å². The smallest absolute Gasteiger partial charge is 0.247 e. The van der Waals surface area contributed by atoms with Crippen LogP contribution in [0, 0.1) is 5.82 Å². The Morgan fingerprint density at radius 2 is 1.83 bits per heavy atom. The number of para-hydroxylation sites is 1. The molecule has 4 aromatic rings. The number of H-pyrrole nitrogens is 1. The molecule has 1 saturated carbocycles. The van der Waals surface area contributed by atoms with E-state index in [9.17, 15) is 14.0 Å². The van der Waals surface area contributed by atoms with E-state index in [-0.39, 0.29) is 30.1 Å². The summed E-state index contributed by atoms with van der Waals surface area (Å²) in [5.74, 6) is -0.745. The van der Waals surface area contributed by atoms with Crippen LogP contribution in [-0.2, 0) is 22.6 Å². The van der Waals surface area contributed by atoms with Gasteiger partial charge >= 0.3 is 0 Å². The van der Waals surface area contributed by atoms with Crippen molar-refractivity contribution in [3.8, 4) is 0 Å². The Morgan fingerprint density at radius 1 is 1.06 bits per heavy atom. The molecule has 35 heavy (non-hydrogen) atoms. The molecule has 1 fully saturated rings. The van der Waals surface area contributed by atoms with Crippen LogP contribution in [0.25, 0.3) is 10.9 Å². The third-order valence-electron chi connectivity index (χ3n) is 6.69. The molecule has 0 aliphatic heterocycles. The molecule has 2 heterocycles. The Hall–Kier alpha value is -3.45. The maximum atomic E-state index is 13.9. The summed E-state index contributed by atoms with van der Waals surface area (Å²) in [5, 5.41) is 6.12. The molecular formula is C28H28FN3O2S. The lowest BCUT2D eigenvalue weighted by atomic mass is 10.0. The quantitative estimate of drug-likeness (QED) is 0.332. The maximum absolute atomic E-state index is 13.9. The first-order valence-corrected chi connectivity index (χ1v) is 12.9. The summed E-state index contributed by atoms with van der Waals surface area (Å²) in [5.41, 5.74) is 2.45. The van der Waals surface area contributed by atoms with Crippen LogP contribution in [0.1, 0.15) is 47.7 Å². The third kappa shape index (κ3) is 5.30. The molecule has 2 aromatic carbocycles. The fraction of sp³-hybridized carbons (Fsp3) is 0.286. The first-order valence-electron chi connectivity index (χ1n) is 12.0. The molecule has 0 radical (unpaired) electrons. The molecule has 5 rings (SSSR count). The number of carbonyl (C=O) groups excluding carboxylic acids is 2. The van der Waals surface area contributed by atoms with Gasteiger partial charge in [0.1, 0.15) is 11.9 Å². The van der Waals surface area contributed by atoms with E-state index in [1.807, 2.05) is 48.0 Å². The second-order valence-electron chi connectivity index (χ2n) is 9.08. The number of aromatic nitrogens is 1. The minimum absolute atomic E-state index is 0.109. The fourth-order valence-electron chi connectivity index (χ4n) is 4.90. The number of nitrogens with one attached hydrogen (secondary N) is 2. The van der Waals surface area contributed by atoms with Crippen LogP contribution < -0.4 is 5.32 Å². The molecule has 1 aliphatic carbocycles. The van der Waals surface area contributed by atoms with Crippen molar-refractivity contribution >= 4 is 34.1 Å². The van der Waals surface area contributed by atoms with Gasteiger partial charge in [0.05, 0.1) is 13.0 Å². The molecule has 0 spiro atoms. The minimum Gasteiger partial charge on any atom is -0.361 e. The normalized spacial score (nSPS) is 14.8. The number of carbonyl (C=O) groups is 2. The molecule has 180 valence electrons. The van der Waals surface area contributed by atoms with Crippen LogP contribution in [0.15, 0.2) is 72.2 Å². The minimum atomic E-state index is -0.851. The Bertz CT molecular complexity index is 1290. The molecule has 0 saturated heterocycles. The number of aromatic amines is 1. The zero-order chi connectivity index (χ0) is 24.2. The van der Waals surface area contributed by atoms with E-state index in [1.54, 1.807) is 28.4 Å². The lowest BCUT2D eigenvalue weighted by molar-refractivity contribution is -0.141.